The minimum Gasteiger partial charge on any atom is -0.348 e. The predicted octanol–water partition coefficient (Wildman–Crippen LogP) is 3.07. The van der Waals surface area contributed by atoms with Crippen molar-refractivity contribution in [2.24, 2.45) is 0 Å². The van der Waals surface area contributed by atoms with Crippen molar-refractivity contribution >= 4 is 37.8 Å². The second-order valence-electron chi connectivity index (χ2n) is 6.33. The van der Waals surface area contributed by atoms with Gasteiger partial charge >= 0.3 is 0 Å². The molecule has 0 bridgehead atoms. The molecule has 0 spiro atoms. The average Bonchev–Trinajstić information content (AvgIpc) is 2.81. The average molecular weight is 455 g/mol. The molecule has 0 aliphatic carbocycles. The number of amides is 2. The molecule has 2 aromatic rings. The third kappa shape index (κ3) is 3.49. The minimum atomic E-state index is -3.98. The van der Waals surface area contributed by atoms with Gasteiger partial charge in [0.2, 0.25) is 0 Å². The van der Waals surface area contributed by atoms with Crippen LogP contribution >= 0.6 is 15.9 Å². The molecule has 1 aliphatic rings. The van der Waals surface area contributed by atoms with Gasteiger partial charge < -0.3 is 5.32 Å². The Balaban J connectivity index is 1.86. The largest absolute Gasteiger partial charge is 0.348 e. The number of benzene rings is 2. The summed E-state index contributed by atoms with van der Waals surface area (Å²) in [4.78, 5) is 24.5. The first-order valence-electron chi connectivity index (χ1n) is 8.08. The number of halogens is 2. The van der Waals surface area contributed by atoms with E-state index in [2.05, 4.69) is 21.2 Å². The van der Waals surface area contributed by atoms with Crippen molar-refractivity contribution in [3.8, 4) is 0 Å². The lowest BCUT2D eigenvalue weighted by atomic mass is 10.1. The lowest BCUT2D eigenvalue weighted by Gasteiger charge is -2.18. The Morgan fingerprint density at radius 2 is 1.93 bits per heavy atom. The molecular weight excluding hydrogens is 439 g/mol. The van der Waals surface area contributed by atoms with Crippen LogP contribution in [0.25, 0.3) is 0 Å². The predicted molar refractivity (Wildman–Crippen MR) is 100 cm³/mol. The highest BCUT2D eigenvalue weighted by Crippen LogP contribution is 2.32. The van der Waals surface area contributed by atoms with Crippen LogP contribution in [0.15, 0.2) is 45.8 Å². The highest BCUT2D eigenvalue weighted by atomic mass is 79.9. The highest BCUT2D eigenvalue weighted by molar-refractivity contribution is 9.10. The Bertz CT molecular complexity index is 1050. The Hall–Kier alpha value is -2.26. The molecule has 0 fully saturated rings. The van der Waals surface area contributed by atoms with Crippen LogP contribution in [0.5, 0.6) is 0 Å². The molecule has 0 radical (unpaired) electrons. The van der Waals surface area contributed by atoms with E-state index in [0.29, 0.717) is 10.0 Å². The van der Waals surface area contributed by atoms with E-state index in [1.807, 2.05) is 0 Å². The van der Waals surface area contributed by atoms with Crippen LogP contribution in [0.3, 0.4) is 0 Å². The van der Waals surface area contributed by atoms with Crippen molar-refractivity contribution in [2.75, 3.05) is 0 Å². The molecule has 2 amide bonds. The van der Waals surface area contributed by atoms with E-state index in [0.717, 1.165) is 4.31 Å². The van der Waals surface area contributed by atoms with E-state index >= 15 is 0 Å². The maximum atomic E-state index is 13.3. The first-order chi connectivity index (χ1) is 12.6. The molecule has 6 nitrogen and oxygen atoms in total. The number of nitrogens with zero attached hydrogens (tertiary/aromatic N) is 1. The zero-order chi connectivity index (χ0) is 19.9. The number of carbonyl (C=O) groups excluding carboxylic acids is 2. The molecule has 0 atom stereocenters. The molecule has 27 heavy (non-hydrogen) atoms. The van der Waals surface area contributed by atoms with Gasteiger partial charge in [-0.05, 0) is 55.8 Å². The summed E-state index contributed by atoms with van der Waals surface area (Å²) in [6.45, 7) is 3.26. The van der Waals surface area contributed by atoms with Crippen molar-refractivity contribution in [1.29, 1.82) is 0 Å². The topological polar surface area (TPSA) is 83.6 Å². The Kier molecular flexibility index (Phi) is 5.09. The molecule has 0 saturated heterocycles. The van der Waals surface area contributed by atoms with Crippen molar-refractivity contribution in [2.45, 2.75) is 31.3 Å². The van der Waals surface area contributed by atoms with Crippen molar-refractivity contribution in [3.05, 3.63) is 63.4 Å². The first kappa shape index (κ1) is 19.5. The molecule has 142 valence electrons. The van der Waals surface area contributed by atoms with Gasteiger partial charge in [0.25, 0.3) is 21.8 Å². The van der Waals surface area contributed by atoms with Gasteiger partial charge in [0.1, 0.15) is 10.7 Å². The van der Waals surface area contributed by atoms with E-state index in [4.69, 9.17) is 0 Å². The van der Waals surface area contributed by atoms with Gasteiger partial charge in [-0.15, -0.1) is 0 Å². The summed E-state index contributed by atoms with van der Waals surface area (Å²) in [7, 11) is -3.98. The Morgan fingerprint density at radius 1 is 1.22 bits per heavy atom. The summed E-state index contributed by atoms with van der Waals surface area (Å²) in [5.41, 5.74) is 0.690. The lowest BCUT2D eigenvalue weighted by molar-refractivity contribution is 0.0845. The number of nitrogens with one attached hydrogen (secondary N) is 1. The zero-order valence-corrected chi connectivity index (χ0v) is 16.9. The number of hydrogen-bond donors (Lipinski definition) is 1. The maximum absolute atomic E-state index is 13.3. The fraction of sp³-hybridized carbons (Fsp3) is 0.222. The van der Waals surface area contributed by atoms with Crippen LogP contribution < -0.4 is 5.32 Å². The zero-order valence-electron chi connectivity index (χ0n) is 14.5. The Labute approximate surface area is 164 Å². The standard InChI is InChI=1S/C18H16BrFN2O4S/c1-10(2)22-18(24)14-5-3-11(8-16(14)27(22,25)26)17(23)21-9-12-7-13(20)4-6-15(12)19/h3-8,10H,9H2,1-2H3,(H,21,23). The van der Waals surface area contributed by atoms with Crippen LogP contribution in [-0.4, -0.2) is 30.6 Å². The van der Waals surface area contributed by atoms with Crippen molar-refractivity contribution < 1.29 is 22.4 Å². The van der Waals surface area contributed by atoms with Gasteiger partial charge in [-0.1, -0.05) is 15.9 Å². The Morgan fingerprint density at radius 3 is 2.59 bits per heavy atom. The number of carbonyl (C=O) groups is 2. The summed E-state index contributed by atoms with van der Waals surface area (Å²) in [5, 5.41) is 2.62. The molecule has 0 saturated carbocycles. The van der Waals surface area contributed by atoms with E-state index in [1.54, 1.807) is 13.8 Å². The number of hydrogen-bond acceptors (Lipinski definition) is 4. The van der Waals surface area contributed by atoms with Crippen LogP contribution in [0.1, 0.15) is 40.1 Å². The fourth-order valence-electron chi connectivity index (χ4n) is 2.86. The molecule has 1 heterocycles. The van der Waals surface area contributed by atoms with Crippen LogP contribution in [-0.2, 0) is 16.6 Å². The number of fused-ring (bicyclic) bond motifs is 1. The highest BCUT2D eigenvalue weighted by Gasteiger charge is 2.42. The SMILES string of the molecule is CC(C)N1C(=O)c2ccc(C(=O)NCc3cc(F)ccc3Br)cc2S1(=O)=O. The molecule has 3 rings (SSSR count). The molecular formula is C18H16BrFN2O4S. The number of sulfonamides is 1. The van der Waals surface area contributed by atoms with Crippen LogP contribution in [0, 0.1) is 5.82 Å². The monoisotopic (exact) mass is 454 g/mol. The van der Waals surface area contributed by atoms with Gasteiger partial charge in [0.05, 0.1) is 5.56 Å². The smallest absolute Gasteiger partial charge is 0.269 e. The van der Waals surface area contributed by atoms with Crippen LogP contribution in [0.4, 0.5) is 4.39 Å². The van der Waals surface area contributed by atoms with E-state index in [1.165, 1.54) is 36.4 Å². The molecule has 1 aliphatic heterocycles. The third-order valence-electron chi connectivity index (χ3n) is 4.13. The van der Waals surface area contributed by atoms with Gasteiger partial charge in [-0.2, -0.15) is 0 Å². The van der Waals surface area contributed by atoms with Gasteiger partial charge in [0, 0.05) is 22.6 Å². The summed E-state index contributed by atoms with van der Waals surface area (Å²) in [6.07, 6.45) is 0. The molecule has 1 N–H and O–H groups in total. The van der Waals surface area contributed by atoms with E-state index < -0.39 is 33.7 Å². The normalized spacial score (nSPS) is 15.1. The molecule has 2 aromatic carbocycles. The quantitative estimate of drug-likeness (QED) is 0.769. The maximum Gasteiger partial charge on any atom is 0.269 e. The minimum absolute atomic E-state index is 0.0492. The van der Waals surface area contributed by atoms with Gasteiger partial charge in [-0.25, -0.2) is 17.1 Å². The van der Waals surface area contributed by atoms with E-state index in [-0.39, 0.29) is 22.6 Å². The second kappa shape index (κ2) is 7.05. The van der Waals surface area contributed by atoms with Crippen LogP contribution in [0.2, 0.25) is 0 Å². The number of rotatable bonds is 4. The van der Waals surface area contributed by atoms with E-state index in [9.17, 15) is 22.4 Å². The van der Waals surface area contributed by atoms with Crippen molar-refractivity contribution in [3.63, 3.8) is 0 Å². The molecule has 0 unspecified atom stereocenters. The molecule has 9 heteroatoms. The van der Waals surface area contributed by atoms with Gasteiger partial charge in [-0.3, -0.25) is 9.59 Å². The lowest BCUT2D eigenvalue weighted by Crippen LogP contribution is -2.36. The third-order valence-corrected chi connectivity index (χ3v) is 6.90. The summed E-state index contributed by atoms with van der Waals surface area (Å²) < 4.78 is 40.0. The van der Waals surface area contributed by atoms with Gasteiger partial charge in [0.15, 0.2) is 0 Å². The molecule has 0 aromatic heterocycles. The summed E-state index contributed by atoms with van der Waals surface area (Å²) in [6, 6.07) is 7.51. The summed E-state index contributed by atoms with van der Waals surface area (Å²) >= 11 is 3.28. The fourth-order valence-corrected chi connectivity index (χ4v) is 5.04. The second-order valence-corrected chi connectivity index (χ2v) is 8.97. The summed E-state index contributed by atoms with van der Waals surface area (Å²) in [5.74, 6) is -1.56. The first-order valence-corrected chi connectivity index (χ1v) is 10.3. The van der Waals surface area contributed by atoms with Crippen molar-refractivity contribution in [1.82, 2.24) is 9.62 Å².